The van der Waals surface area contributed by atoms with Crippen molar-refractivity contribution in [2.75, 3.05) is 18.0 Å². The van der Waals surface area contributed by atoms with Crippen LogP contribution in [0.5, 0.6) is 11.5 Å². The molecule has 1 aromatic heterocycles. The molecule has 178 valence electrons. The molecular formula is C26H28F2N4O2. The van der Waals surface area contributed by atoms with Gasteiger partial charge in [-0.05, 0) is 70.0 Å². The fourth-order valence-corrected chi connectivity index (χ4v) is 5.04. The third-order valence-electron chi connectivity index (χ3n) is 6.79. The number of hydrogen-bond donors (Lipinski definition) is 1. The first-order valence-corrected chi connectivity index (χ1v) is 11.8. The highest BCUT2D eigenvalue weighted by molar-refractivity contribution is 5.95. The summed E-state index contributed by atoms with van der Waals surface area (Å²) in [5.41, 5.74) is 3.12. The van der Waals surface area contributed by atoms with E-state index < -0.39 is 11.6 Å². The van der Waals surface area contributed by atoms with E-state index in [1.54, 1.807) is 11.1 Å². The smallest absolute Gasteiger partial charge is 0.224 e. The molecule has 0 aliphatic carbocycles. The molecule has 34 heavy (non-hydrogen) atoms. The Hall–Kier alpha value is -3.26. The largest absolute Gasteiger partial charge is 0.453 e. The van der Waals surface area contributed by atoms with Crippen LogP contribution in [0.25, 0.3) is 11.1 Å². The number of carbonyl (C=O) groups is 1. The highest BCUT2D eigenvalue weighted by Gasteiger charge is 2.31. The minimum absolute atomic E-state index is 0.0391. The molecule has 3 heterocycles. The Morgan fingerprint density at radius 1 is 1.15 bits per heavy atom. The molecule has 2 aromatic carbocycles. The molecule has 0 spiro atoms. The monoisotopic (exact) mass is 466 g/mol. The number of amides is 1. The Kier molecular flexibility index (Phi) is 6.08. The summed E-state index contributed by atoms with van der Waals surface area (Å²) in [5, 5.41) is 7.96. The summed E-state index contributed by atoms with van der Waals surface area (Å²) in [6, 6.07) is 7.31. The molecule has 0 radical (unpaired) electrons. The molecule has 1 N–H and O–H groups in total. The van der Waals surface area contributed by atoms with Crippen LogP contribution in [0.15, 0.2) is 42.7 Å². The summed E-state index contributed by atoms with van der Waals surface area (Å²) in [6.45, 7) is 5.44. The first kappa shape index (κ1) is 22.5. The predicted molar refractivity (Wildman–Crippen MR) is 126 cm³/mol. The average Bonchev–Trinajstić information content (AvgIpc) is 3.32. The van der Waals surface area contributed by atoms with Gasteiger partial charge in [0, 0.05) is 41.9 Å². The third kappa shape index (κ3) is 4.18. The first-order valence-electron chi connectivity index (χ1n) is 11.8. The van der Waals surface area contributed by atoms with Crippen LogP contribution in [0, 0.1) is 11.6 Å². The van der Waals surface area contributed by atoms with E-state index in [-0.39, 0.29) is 17.7 Å². The van der Waals surface area contributed by atoms with Gasteiger partial charge in [0.15, 0.2) is 11.6 Å². The summed E-state index contributed by atoms with van der Waals surface area (Å²) in [6.07, 6.45) is 7.16. The van der Waals surface area contributed by atoms with E-state index in [1.165, 1.54) is 6.92 Å². The highest BCUT2D eigenvalue weighted by atomic mass is 19.1. The van der Waals surface area contributed by atoms with Crippen LogP contribution in [-0.4, -0.2) is 34.8 Å². The van der Waals surface area contributed by atoms with Crippen molar-refractivity contribution in [2.45, 2.75) is 51.6 Å². The van der Waals surface area contributed by atoms with Crippen molar-refractivity contribution >= 4 is 11.6 Å². The number of ether oxygens (including phenoxy) is 1. The lowest BCUT2D eigenvalue weighted by atomic mass is 9.92. The van der Waals surface area contributed by atoms with Crippen LogP contribution in [0.4, 0.5) is 14.5 Å². The molecule has 0 unspecified atom stereocenters. The van der Waals surface area contributed by atoms with Gasteiger partial charge < -0.3 is 15.0 Å². The van der Waals surface area contributed by atoms with Crippen LogP contribution >= 0.6 is 0 Å². The number of nitrogens with one attached hydrogen (secondary N) is 1. The molecular weight excluding hydrogens is 438 g/mol. The van der Waals surface area contributed by atoms with Crippen molar-refractivity contribution in [3.63, 3.8) is 0 Å². The normalized spacial score (nSPS) is 18.6. The maximum atomic E-state index is 14.6. The Balaban J connectivity index is 1.62. The molecule has 5 rings (SSSR count). The second-order valence-electron chi connectivity index (χ2n) is 9.08. The van der Waals surface area contributed by atoms with Gasteiger partial charge in [-0.1, -0.05) is 0 Å². The number of piperidine rings is 1. The second-order valence-corrected chi connectivity index (χ2v) is 9.08. The van der Waals surface area contributed by atoms with Gasteiger partial charge in [-0.25, -0.2) is 8.78 Å². The molecule has 2 aliphatic rings. The lowest BCUT2D eigenvalue weighted by molar-refractivity contribution is -0.117. The van der Waals surface area contributed by atoms with Crippen LogP contribution in [0.3, 0.4) is 0 Å². The molecule has 1 amide bonds. The molecule has 8 heteroatoms. The number of carbonyl (C=O) groups excluding carboxylic acids is 1. The quantitative estimate of drug-likeness (QED) is 0.572. The lowest BCUT2D eigenvalue weighted by Crippen LogP contribution is -2.40. The maximum Gasteiger partial charge on any atom is 0.224 e. The zero-order valence-electron chi connectivity index (χ0n) is 19.4. The zero-order chi connectivity index (χ0) is 23.8. The summed E-state index contributed by atoms with van der Waals surface area (Å²) < 4.78 is 36.5. The van der Waals surface area contributed by atoms with E-state index in [0.717, 1.165) is 72.9 Å². The van der Waals surface area contributed by atoms with Gasteiger partial charge in [-0.2, -0.15) is 5.10 Å². The number of fused-ring (bicyclic) bond motifs is 1. The van der Waals surface area contributed by atoms with Crippen molar-refractivity contribution in [2.24, 2.45) is 0 Å². The van der Waals surface area contributed by atoms with E-state index in [0.29, 0.717) is 18.2 Å². The van der Waals surface area contributed by atoms with Crippen molar-refractivity contribution in [1.29, 1.82) is 0 Å². The van der Waals surface area contributed by atoms with Crippen molar-refractivity contribution in [3.8, 4) is 22.6 Å². The minimum Gasteiger partial charge on any atom is -0.453 e. The number of nitrogens with zero attached hydrogens (tertiary/aromatic N) is 3. The van der Waals surface area contributed by atoms with Gasteiger partial charge in [0.05, 0.1) is 17.9 Å². The fourth-order valence-electron chi connectivity index (χ4n) is 5.04. The standard InChI is InChI=1S/C26H28F2N4O2/c1-16-3-5-22-24(32(16)17(2)33)8-6-21(26(22)34-25-13-19(27)4-7-23(25)28)18-14-30-31(15-18)20-9-11-29-12-10-20/h4,6-8,13-16,20,29H,3,5,9-12H2,1-2H3/t16-/m0/s1. The van der Waals surface area contributed by atoms with Gasteiger partial charge in [0.1, 0.15) is 11.6 Å². The first-order chi connectivity index (χ1) is 16.4. The van der Waals surface area contributed by atoms with Crippen molar-refractivity contribution < 1.29 is 18.3 Å². The molecule has 3 aromatic rings. The van der Waals surface area contributed by atoms with Gasteiger partial charge in [-0.3, -0.25) is 9.48 Å². The Bertz CT molecular complexity index is 1220. The number of rotatable bonds is 4. The molecule has 1 atom stereocenters. The average molecular weight is 467 g/mol. The highest BCUT2D eigenvalue weighted by Crippen LogP contribution is 2.45. The number of benzene rings is 2. The van der Waals surface area contributed by atoms with Gasteiger partial charge >= 0.3 is 0 Å². The van der Waals surface area contributed by atoms with E-state index >= 15 is 0 Å². The van der Waals surface area contributed by atoms with E-state index in [2.05, 4.69) is 10.4 Å². The van der Waals surface area contributed by atoms with E-state index in [1.807, 2.05) is 29.9 Å². The molecule has 2 aliphatic heterocycles. The van der Waals surface area contributed by atoms with Crippen molar-refractivity contribution in [3.05, 3.63) is 59.9 Å². The maximum absolute atomic E-state index is 14.6. The van der Waals surface area contributed by atoms with Crippen LogP contribution in [0.2, 0.25) is 0 Å². The van der Waals surface area contributed by atoms with Gasteiger partial charge in [0.25, 0.3) is 0 Å². The number of anilines is 1. The Morgan fingerprint density at radius 2 is 1.94 bits per heavy atom. The van der Waals surface area contributed by atoms with Crippen molar-refractivity contribution in [1.82, 2.24) is 15.1 Å². The Labute approximate surface area is 197 Å². The topological polar surface area (TPSA) is 59.4 Å². The van der Waals surface area contributed by atoms with Gasteiger partial charge in [0.2, 0.25) is 5.91 Å². The summed E-state index contributed by atoms with van der Waals surface area (Å²) in [7, 11) is 0. The summed E-state index contributed by atoms with van der Waals surface area (Å²) in [4.78, 5) is 14.2. The van der Waals surface area contributed by atoms with E-state index in [4.69, 9.17) is 4.74 Å². The second kappa shape index (κ2) is 9.18. The summed E-state index contributed by atoms with van der Waals surface area (Å²) >= 11 is 0. The molecule has 6 nitrogen and oxygen atoms in total. The SMILES string of the molecule is CC(=O)N1c2ccc(-c3cnn(C4CCNCC4)c3)c(Oc3cc(F)ccc3F)c2CC[C@@H]1C. The number of hydrogen-bond acceptors (Lipinski definition) is 4. The fraction of sp³-hybridized carbons (Fsp3) is 0.385. The number of aromatic nitrogens is 2. The minimum atomic E-state index is -0.650. The van der Waals surface area contributed by atoms with Crippen LogP contribution in [0.1, 0.15) is 44.7 Å². The van der Waals surface area contributed by atoms with Crippen LogP contribution in [-0.2, 0) is 11.2 Å². The molecule has 1 fully saturated rings. The summed E-state index contributed by atoms with van der Waals surface area (Å²) in [5.74, 6) is -1.05. The molecule has 0 bridgehead atoms. The molecule has 1 saturated heterocycles. The zero-order valence-corrected chi connectivity index (χ0v) is 19.4. The third-order valence-corrected chi connectivity index (χ3v) is 6.79. The lowest BCUT2D eigenvalue weighted by Gasteiger charge is -2.36. The molecule has 0 saturated carbocycles. The number of halogens is 2. The van der Waals surface area contributed by atoms with E-state index in [9.17, 15) is 13.6 Å². The van der Waals surface area contributed by atoms with Gasteiger partial charge in [-0.15, -0.1) is 0 Å². The predicted octanol–water partition coefficient (Wildman–Crippen LogP) is 5.23. The Morgan fingerprint density at radius 3 is 2.71 bits per heavy atom. The van der Waals surface area contributed by atoms with Crippen LogP contribution < -0.4 is 15.0 Å².